The maximum absolute atomic E-state index is 12.1. The van der Waals surface area contributed by atoms with Crippen molar-refractivity contribution in [3.05, 3.63) is 35.5 Å². The minimum Gasteiger partial charge on any atom is -0.469 e. The molecule has 0 spiro atoms. The third kappa shape index (κ3) is 3.10. The Hall–Kier alpha value is -2.63. The first-order valence-electron chi connectivity index (χ1n) is 6.36. The Labute approximate surface area is 121 Å². The Kier molecular flexibility index (Phi) is 4.37. The van der Waals surface area contributed by atoms with Gasteiger partial charge >= 0.3 is 11.9 Å². The van der Waals surface area contributed by atoms with Gasteiger partial charge in [0.05, 0.1) is 26.2 Å². The molecule has 0 amide bonds. The Balaban J connectivity index is 2.24. The number of H-pyrrole nitrogens is 1. The summed E-state index contributed by atoms with van der Waals surface area (Å²) in [4.78, 5) is 37.6. The molecule has 1 aromatic heterocycles. The largest absolute Gasteiger partial charge is 0.469 e. The average Bonchev–Trinajstić information content (AvgIpc) is 2.94. The molecule has 0 aliphatic rings. The number of methoxy groups -OCH3 is 2. The number of carbonyl (C=O) groups is 3. The van der Waals surface area contributed by atoms with Gasteiger partial charge in [-0.2, -0.15) is 0 Å². The molecule has 0 saturated carbocycles. The highest BCUT2D eigenvalue weighted by Crippen LogP contribution is 2.21. The second-order valence-electron chi connectivity index (χ2n) is 4.45. The van der Waals surface area contributed by atoms with E-state index in [-0.39, 0.29) is 18.6 Å². The van der Waals surface area contributed by atoms with Crippen LogP contribution < -0.4 is 0 Å². The van der Waals surface area contributed by atoms with E-state index in [2.05, 4.69) is 14.5 Å². The normalized spacial score (nSPS) is 10.4. The van der Waals surface area contributed by atoms with Gasteiger partial charge in [0.15, 0.2) is 5.78 Å². The Bertz CT molecular complexity index is 701. The van der Waals surface area contributed by atoms with Gasteiger partial charge in [-0.25, -0.2) is 4.79 Å². The number of ether oxygens (including phenoxy) is 2. The molecule has 2 rings (SSSR count). The van der Waals surface area contributed by atoms with Gasteiger partial charge in [0.25, 0.3) is 0 Å². The van der Waals surface area contributed by atoms with E-state index in [1.54, 1.807) is 24.4 Å². The lowest BCUT2D eigenvalue weighted by Gasteiger charge is -2.01. The molecule has 6 heteroatoms. The Morgan fingerprint density at radius 2 is 1.86 bits per heavy atom. The van der Waals surface area contributed by atoms with E-state index in [0.29, 0.717) is 22.0 Å². The highest BCUT2D eigenvalue weighted by molar-refractivity contribution is 6.09. The van der Waals surface area contributed by atoms with Crippen molar-refractivity contribution < 1.29 is 23.9 Å². The van der Waals surface area contributed by atoms with Crippen LogP contribution in [0.2, 0.25) is 0 Å². The number of aromatic nitrogens is 1. The molecule has 0 aliphatic carbocycles. The summed E-state index contributed by atoms with van der Waals surface area (Å²) in [7, 11) is 2.59. The maximum atomic E-state index is 12.1. The SMILES string of the molecule is COC(=O)CCC(=O)c1c[nH]c2cc(C(=O)OC)ccc12. The van der Waals surface area contributed by atoms with Crippen LogP contribution in [0.1, 0.15) is 33.6 Å². The van der Waals surface area contributed by atoms with Crippen LogP contribution in [-0.4, -0.2) is 36.9 Å². The van der Waals surface area contributed by atoms with Gasteiger partial charge in [-0.15, -0.1) is 0 Å². The highest BCUT2D eigenvalue weighted by Gasteiger charge is 2.15. The second-order valence-corrected chi connectivity index (χ2v) is 4.45. The van der Waals surface area contributed by atoms with Gasteiger partial charge in [0.2, 0.25) is 0 Å². The molecule has 1 aromatic carbocycles. The first-order valence-corrected chi connectivity index (χ1v) is 6.36. The van der Waals surface area contributed by atoms with Crippen LogP contribution >= 0.6 is 0 Å². The summed E-state index contributed by atoms with van der Waals surface area (Å²) in [6.45, 7) is 0. The number of fused-ring (bicyclic) bond motifs is 1. The zero-order valence-corrected chi connectivity index (χ0v) is 11.8. The van der Waals surface area contributed by atoms with Gasteiger partial charge in [0, 0.05) is 29.1 Å². The zero-order valence-electron chi connectivity index (χ0n) is 11.8. The summed E-state index contributed by atoms with van der Waals surface area (Å²) in [6, 6.07) is 4.90. The summed E-state index contributed by atoms with van der Waals surface area (Å²) in [5.74, 6) is -1.02. The van der Waals surface area contributed by atoms with E-state index >= 15 is 0 Å². The molecule has 0 radical (unpaired) electrons. The van der Waals surface area contributed by atoms with Gasteiger partial charge in [-0.3, -0.25) is 9.59 Å². The van der Waals surface area contributed by atoms with E-state index in [1.165, 1.54) is 14.2 Å². The lowest BCUT2D eigenvalue weighted by atomic mass is 10.0. The first-order chi connectivity index (χ1) is 10.1. The van der Waals surface area contributed by atoms with Crippen LogP contribution in [0.25, 0.3) is 10.9 Å². The lowest BCUT2D eigenvalue weighted by Crippen LogP contribution is -2.05. The Morgan fingerprint density at radius 3 is 2.52 bits per heavy atom. The Morgan fingerprint density at radius 1 is 1.10 bits per heavy atom. The smallest absolute Gasteiger partial charge is 0.337 e. The second kappa shape index (κ2) is 6.21. The first kappa shape index (κ1) is 14.8. The van der Waals surface area contributed by atoms with E-state index in [4.69, 9.17) is 0 Å². The minimum absolute atomic E-state index is 0.0439. The standard InChI is InChI=1S/C15H15NO5/c1-20-14(18)6-5-13(17)11-8-16-12-7-9(15(19)21-2)3-4-10(11)12/h3-4,7-8,16H,5-6H2,1-2H3. The van der Waals surface area contributed by atoms with E-state index in [1.807, 2.05) is 0 Å². The van der Waals surface area contributed by atoms with Crippen molar-refractivity contribution in [2.24, 2.45) is 0 Å². The van der Waals surface area contributed by atoms with Crippen LogP contribution in [0, 0.1) is 0 Å². The predicted octanol–water partition coefficient (Wildman–Crippen LogP) is 2.09. The molecular weight excluding hydrogens is 274 g/mol. The van der Waals surface area contributed by atoms with Crippen molar-refractivity contribution >= 4 is 28.6 Å². The summed E-state index contributed by atoms with van der Waals surface area (Å²) >= 11 is 0. The van der Waals surface area contributed by atoms with Crippen molar-refractivity contribution in [3.8, 4) is 0 Å². The minimum atomic E-state index is -0.440. The zero-order chi connectivity index (χ0) is 15.4. The monoisotopic (exact) mass is 289 g/mol. The molecule has 6 nitrogen and oxygen atoms in total. The molecule has 1 N–H and O–H groups in total. The molecule has 0 bridgehead atoms. The summed E-state index contributed by atoms with van der Waals surface area (Å²) in [5.41, 5.74) is 1.56. The maximum Gasteiger partial charge on any atom is 0.337 e. The molecule has 2 aromatic rings. The molecule has 110 valence electrons. The third-order valence-corrected chi connectivity index (χ3v) is 3.19. The molecule has 0 unspecified atom stereocenters. The van der Waals surface area contributed by atoms with Crippen LogP contribution in [-0.2, 0) is 14.3 Å². The van der Waals surface area contributed by atoms with Gasteiger partial charge in [0.1, 0.15) is 0 Å². The van der Waals surface area contributed by atoms with Crippen LogP contribution in [0.5, 0.6) is 0 Å². The fraction of sp³-hybridized carbons (Fsp3) is 0.267. The van der Waals surface area contributed by atoms with Gasteiger partial charge in [-0.05, 0) is 12.1 Å². The fourth-order valence-corrected chi connectivity index (χ4v) is 2.05. The van der Waals surface area contributed by atoms with E-state index in [0.717, 1.165) is 0 Å². The van der Waals surface area contributed by atoms with Crippen molar-refractivity contribution in [1.29, 1.82) is 0 Å². The highest BCUT2D eigenvalue weighted by atomic mass is 16.5. The topological polar surface area (TPSA) is 85.5 Å². The number of hydrogen-bond donors (Lipinski definition) is 1. The van der Waals surface area contributed by atoms with Crippen molar-refractivity contribution in [1.82, 2.24) is 4.98 Å². The molecular formula is C15H15NO5. The number of rotatable bonds is 5. The van der Waals surface area contributed by atoms with E-state index in [9.17, 15) is 14.4 Å². The summed E-state index contributed by atoms with van der Waals surface area (Å²) in [6.07, 6.45) is 1.70. The number of nitrogens with one attached hydrogen (secondary N) is 1. The van der Waals surface area contributed by atoms with Crippen molar-refractivity contribution in [3.63, 3.8) is 0 Å². The quantitative estimate of drug-likeness (QED) is 0.673. The van der Waals surface area contributed by atoms with E-state index < -0.39 is 11.9 Å². The van der Waals surface area contributed by atoms with Crippen LogP contribution in [0.4, 0.5) is 0 Å². The molecule has 0 fully saturated rings. The van der Waals surface area contributed by atoms with Crippen LogP contribution in [0.15, 0.2) is 24.4 Å². The number of aromatic amines is 1. The number of carbonyl (C=O) groups excluding carboxylic acids is 3. The molecule has 0 saturated heterocycles. The molecule has 0 atom stereocenters. The van der Waals surface area contributed by atoms with Crippen molar-refractivity contribution in [2.45, 2.75) is 12.8 Å². The summed E-state index contributed by atoms with van der Waals surface area (Å²) < 4.78 is 9.16. The fourth-order valence-electron chi connectivity index (χ4n) is 2.05. The van der Waals surface area contributed by atoms with Crippen LogP contribution in [0.3, 0.4) is 0 Å². The number of ketones is 1. The number of benzene rings is 1. The molecule has 21 heavy (non-hydrogen) atoms. The number of Topliss-reactive ketones (excluding diaryl/α,β-unsaturated/α-hetero) is 1. The average molecular weight is 289 g/mol. The number of hydrogen-bond acceptors (Lipinski definition) is 5. The predicted molar refractivity (Wildman–Crippen MR) is 75.2 cm³/mol. The lowest BCUT2D eigenvalue weighted by molar-refractivity contribution is -0.140. The third-order valence-electron chi connectivity index (χ3n) is 3.19. The molecule has 1 heterocycles. The summed E-state index contributed by atoms with van der Waals surface area (Å²) in [5, 5.41) is 0.706. The molecule has 0 aliphatic heterocycles. The van der Waals surface area contributed by atoms with Gasteiger partial charge in [-0.1, -0.05) is 6.07 Å². The number of esters is 2. The van der Waals surface area contributed by atoms with Crippen molar-refractivity contribution in [2.75, 3.05) is 14.2 Å². The van der Waals surface area contributed by atoms with Gasteiger partial charge < -0.3 is 14.5 Å².